The second kappa shape index (κ2) is 5.28. The van der Waals surface area contributed by atoms with E-state index in [1.54, 1.807) is 6.92 Å². The highest BCUT2D eigenvalue weighted by atomic mass is 16.7. The molecule has 1 rings (SSSR count). The van der Waals surface area contributed by atoms with E-state index in [-0.39, 0.29) is 12.5 Å². The highest BCUT2D eigenvalue weighted by Crippen LogP contribution is 2.29. The molecule has 0 aromatic heterocycles. The number of nitrogens with one attached hydrogen (secondary N) is 1. The number of carbonyl (C=O) groups excluding carboxylic acids is 1. The molecule has 17 heavy (non-hydrogen) atoms. The first kappa shape index (κ1) is 14.3. The lowest BCUT2D eigenvalue weighted by Crippen LogP contribution is -2.69. The van der Waals surface area contributed by atoms with Crippen LogP contribution in [0.5, 0.6) is 0 Å². The molecular formula is C10H20N2O5. The van der Waals surface area contributed by atoms with Crippen LogP contribution in [0.4, 0.5) is 0 Å². The number of amides is 1. The first-order chi connectivity index (χ1) is 7.85. The zero-order chi connectivity index (χ0) is 13.2. The summed E-state index contributed by atoms with van der Waals surface area (Å²) in [4.78, 5) is 11.0. The number of nitrogens with two attached hydrogens (primary N) is 1. The summed E-state index contributed by atoms with van der Waals surface area (Å²) < 4.78 is 10.6. The van der Waals surface area contributed by atoms with Crippen LogP contribution in [0.25, 0.3) is 0 Å². The Bertz CT molecular complexity index is 286. The van der Waals surface area contributed by atoms with Gasteiger partial charge in [0.15, 0.2) is 6.29 Å². The van der Waals surface area contributed by atoms with Gasteiger partial charge in [0, 0.05) is 20.6 Å². The van der Waals surface area contributed by atoms with E-state index in [1.807, 2.05) is 0 Å². The van der Waals surface area contributed by atoms with Crippen molar-refractivity contribution in [3.05, 3.63) is 0 Å². The molecule has 7 nitrogen and oxygen atoms in total. The molecule has 5 unspecified atom stereocenters. The SMILES string of the molecule is COC1OC(C)(CN)C(O)C(O)C1NC(C)=O. The van der Waals surface area contributed by atoms with Crippen molar-refractivity contribution < 1.29 is 24.5 Å². The average molecular weight is 248 g/mol. The summed E-state index contributed by atoms with van der Waals surface area (Å²) in [5.41, 5.74) is 4.41. The normalized spacial score (nSPS) is 42.2. The minimum absolute atomic E-state index is 0.0257. The summed E-state index contributed by atoms with van der Waals surface area (Å²) in [6.45, 7) is 2.91. The Balaban J connectivity index is 2.91. The molecule has 0 saturated carbocycles. The van der Waals surface area contributed by atoms with E-state index in [0.717, 1.165) is 0 Å². The molecule has 0 spiro atoms. The van der Waals surface area contributed by atoms with Crippen molar-refractivity contribution in [1.82, 2.24) is 5.32 Å². The number of ether oxygens (including phenoxy) is 2. The number of hydrogen-bond acceptors (Lipinski definition) is 6. The summed E-state index contributed by atoms with van der Waals surface area (Å²) in [6, 6.07) is -0.827. The molecule has 1 aliphatic rings. The Morgan fingerprint density at radius 2 is 2.18 bits per heavy atom. The van der Waals surface area contributed by atoms with E-state index in [1.165, 1.54) is 14.0 Å². The summed E-state index contributed by atoms with van der Waals surface area (Å²) >= 11 is 0. The number of carbonyl (C=O) groups is 1. The highest BCUT2D eigenvalue weighted by Gasteiger charge is 2.51. The van der Waals surface area contributed by atoms with E-state index >= 15 is 0 Å². The maximum Gasteiger partial charge on any atom is 0.217 e. The van der Waals surface area contributed by atoms with Gasteiger partial charge in [0.1, 0.15) is 23.9 Å². The summed E-state index contributed by atoms with van der Waals surface area (Å²) in [5.74, 6) is -0.344. The molecule has 0 aromatic carbocycles. The lowest BCUT2D eigenvalue weighted by Gasteiger charge is -2.47. The number of hydrogen-bond donors (Lipinski definition) is 4. The molecule has 0 aromatic rings. The van der Waals surface area contributed by atoms with Gasteiger partial charge in [-0.15, -0.1) is 0 Å². The van der Waals surface area contributed by atoms with Crippen LogP contribution >= 0.6 is 0 Å². The Morgan fingerprint density at radius 1 is 1.59 bits per heavy atom. The van der Waals surface area contributed by atoms with Gasteiger partial charge in [-0.25, -0.2) is 0 Å². The molecule has 7 heteroatoms. The van der Waals surface area contributed by atoms with E-state index in [2.05, 4.69) is 5.32 Å². The molecule has 5 atom stereocenters. The first-order valence-electron chi connectivity index (χ1n) is 5.39. The van der Waals surface area contributed by atoms with Gasteiger partial charge in [0.2, 0.25) is 5.91 Å². The van der Waals surface area contributed by atoms with Crippen LogP contribution in [0, 0.1) is 0 Å². The zero-order valence-electron chi connectivity index (χ0n) is 10.2. The maximum absolute atomic E-state index is 11.0. The first-order valence-corrected chi connectivity index (χ1v) is 5.39. The smallest absolute Gasteiger partial charge is 0.217 e. The van der Waals surface area contributed by atoms with E-state index in [0.29, 0.717) is 0 Å². The van der Waals surface area contributed by atoms with Crippen molar-refractivity contribution in [2.24, 2.45) is 5.73 Å². The van der Waals surface area contributed by atoms with Gasteiger partial charge >= 0.3 is 0 Å². The maximum atomic E-state index is 11.0. The van der Waals surface area contributed by atoms with Crippen LogP contribution in [0.1, 0.15) is 13.8 Å². The topological polar surface area (TPSA) is 114 Å². The van der Waals surface area contributed by atoms with E-state index < -0.39 is 30.1 Å². The van der Waals surface area contributed by atoms with Crippen molar-refractivity contribution in [2.75, 3.05) is 13.7 Å². The summed E-state index contributed by atoms with van der Waals surface area (Å²) in [5, 5.41) is 22.4. The fourth-order valence-electron chi connectivity index (χ4n) is 1.88. The molecule has 100 valence electrons. The lowest BCUT2D eigenvalue weighted by molar-refractivity contribution is -0.290. The van der Waals surface area contributed by atoms with Crippen LogP contribution in [0.3, 0.4) is 0 Å². The fraction of sp³-hybridized carbons (Fsp3) is 0.900. The second-order valence-electron chi connectivity index (χ2n) is 4.40. The standard InChI is InChI=1S/C10H20N2O5/c1-5(13)12-6-7(14)8(15)10(2,4-11)17-9(6)16-3/h6-9,14-15H,4,11H2,1-3H3,(H,12,13). The number of methoxy groups -OCH3 is 1. The summed E-state index contributed by atoms with van der Waals surface area (Å²) in [6.07, 6.45) is -3.26. The van der Waals surface area contributed by atoms with Crippen LogP contribution in [0.15, 0.2) is 0 Å². The quantitative estimate of drug-likeness (QED) is 0.456. The van der Waals surface area contributed by atoms with Crippen LogP contribution < -0.4 is 11.1 Å². The number of aliphatic hydroxyl groups excluding tert-OH is 2. The second-order valence-corrected chi connectivity index (χ2v) is 4.40. The van der Waals surface area contributed by atoms with Gasteiger partial charge in [-0.2, -0.15) is 0 Å². The fourth-order valence-corrected chi connectivity index (χ4v) is 1.88. The molecule has 1 fully saturated rings. The Labute approximate surface area is 99.9 Å². The van der Waals surface area contributed by atoms with Crippen molar-refractivity contribution in [3.63, 3.8) is 0 Å². The van der Waals surface area contributed by atoms with Crippen LogP contribution in [-0.4, -0.2) is 59.9 Å². The van der Waals surface area contributed by atoms with E-state index in [4.69, 9.17) is 15.2 Å². The monoisotopic (exact) mass is 248 g/mol. The molecule has 1 amide bonds. The Hall–Kier alpha value is -0.730. The minimum atomic E-state index is -1.20. The molecule has 1 aliphatic heterocycles. The van der Waals surface area contributed by atoms with Crippen molar-refractivity contribution in [3.8, 4) is 0 Å². The van der Waals surface area contributed by atoms with Gasteiger partial charge in [-0.3, -0.25) is 4.79 Å². The molecular weight excluding hydrogens is 228 g/mol. The predicted octanol–water partition coefficient (Wildman–Crippen LogP) is -2.07. The third-order valence-electron chi connectivity index (χ3n) is 3.00. The van der Waals surface area contributed by atoms with Crippen LogP contribution in [0.2, 0.25) is 0 Å². The van der Waals surface area contributed by atoms with Gasteiger partial charge < -0.3 is 30.7 Å². The molecule has 0 radical (unpaired) electrons. The largest absolute Gasteiger partial charge is 0.388 e. The minimum Gasteiger partial charge on any atom is -0.388 e. The third-order valence-corrected chi connectivity index (χ3v) is 3.00. The number of rotatable bonds is 3. The van der Waals surface area contributed by atoms with Crippen molar-refractivity contribution in [1.29, 1.82) is 0 Å². The van der Waals surface area contributed by atoms with Gasteiger partial charge in [-0.1, -0.05) is 0 Å². The van der Waals surface area contributed by atoms with Gasteiger partial charge in [-0.05, 0) is 6.92 Å². The molecule has 0 aliphatic carbocycles. The Kier molecular flexibility index (Phi) is 4.45. The molecule has 5 N–H and O–H groups in total. The Morgan fingerprint density at radius 3 is 2.59 bits per heavy atom. The summed E-state index contributed by atoms with van der Waals surface area (Å²) in [7, 11) is 1.39. The van der Waals surface area contributed by atoms with Gasteiger partial charge in [0.05, 0.1) is 0 Å². The number of aliphatic hydroxyl groups is 2. The van der Waals surface area contributed by atoms with Gasteiger partial charge in [0.25, 0.3) is 0 Å². The average Bonchev–Trinajstić information content (AvgIpc) is 2.29. The lowest BCUT2D eigenvalue weighted by atomic mass is 9.87. The van der Waals surface area contributed by atoms with Crippen molar-refractivity contribution in [2.45, 2.75) is 44.0 Å². The highest BCUT2D eigenvalue weighted by molar-refractivity contribution is 5.73. The van der Waals surface area contributed by atoms with Crippen LogP contribution in [-0.2, 0) is 14.3 Å². The molecule has 1 heterocycles. The van der Waals surface area contributed by atoms with Crippen molar-refractivity contribution >= 4 is 5.91 Å². The third kappa shape index (κ3) is 2.75. The van der Waals surface area contributed by atoms with E-state index in [9.17, 15) is 15.0 Å². The zero-order valence-corrected chi connectivity index (χ0v) is 10.2. The molecule has 0 bridgehead atoms. The predicted molar refractivity (Wildman–Crippen MR) is 59.0 cm³/mol. The molecule has 1 saturated heterocycles.